The lowest BCUT2D eigenvalue weighted by molar-refractivity contribution is 0.170. The van der Waals surface area contributed by atoms with Gasteiger partial charge in [0.1, 0.15) is 11.9 Å². The van der Waals surface area contributed by atoms with Gasteiger partial charge in [-0.25, -0.2) is 18.4 Å². The SMILES string of the molecule is Cc1cnc(N2CCC(Oc3nc4ccc(C5=CCN(S(=O)(=O)CCCO)CC5)cc4s3)CC2)cn1. The van der Waals surface area contributed by atoms with Gasteiger partial charge in [0.2, 0.25) is 10.0 Å². The number of fused-ring (bicyclic) bond motifs is 1. The number of aliphatic hydroxyl groups is 1. The normalized spacial score (nSPS) is 17.9. The van der Waals surface area contributed by atoms with Crippen LogP contribution >= 0.6 is 11.3 Å². The maximum absolute atomic E-state index is 12.4. The minimum Gasteiger partial charge on any atom is -0.467 e. The lowest BCUT2D eigenvalue weighted by atomic mass is 10.0. The fraction of sp³-hybridized carbons (Fsp3) is 0.480. The molecule has 192 valence electrons. The van der Waals surface area contributed by atoms with E-state index in [0.717, 1.165) is 58.8 Å². The van der Waals surface area contributed by atoms with Crippen LogP contribution in [-0.2, 0) is 10.0 Å². The predicted molar refractivity (Wildman–Crippen MR) is 142 cm³/mol. The van der Waals surface area contributed by atoms with Crippen LogP contribution in [0.2, 0.25) is 0 Å². The highest BCUT2D eigenvalue weighted by Gasteiger charge is 2.25. The molecule has 0 aliphatic carbocycles. The number of aliphatic hydroxyl groups excluding tert-OH is 1. The van der Waals surface area contributed by atoms with Crippen molar-refractivity contribution in [1.29, 1.82) is 0 Å². The van der Waals surface area contributed by atoms with Crippen LogP contribution in [0.3, 0.4) is 0 Å². The van der Waals surface area contributed by atoms with Crippen LogP contribution in [-0.4, -0.2) is 77.4 Å². The zero-order chi connectivity index (χ0) is 25.1. The van der Waals surface area contributed by atoms with Gasteiger partial charge in [-0.05, 0) is 43.0 Å². The zero-order valence-corrected chi connectivity index (χ0v) is 22.0. The van der Waals surface area contributed by atoms with Crippen molar-refractivity contribution in [2.24, 2.45) is 0 Å². The van der Waals surface area contributed by atoms with Crippen LogP contribution in [0.1, 0.15) is 36.9 Å². The number of piperidine rings is 1. The molecule has 0 spiro atoms. The molecule has 3 aromatic rings. The number of nitrogens with zero attached hydrogens (tertiary/aromatic N) is 5. The first-order valence-corrected chi connectivity index (χ1v) is 14.7. The maximum Gasteiger partial charge on any atom is 0.274 e. The third kappa shape index (κ3) is 5.69. The Balaban J connectivity index is 1.20. The smallest absolute Gasteiger partial charge is 0.274 e. The summed E-state index contributed by atoms with van der Waals surface area (Å²) in [5.74, 6) is 0.899. The molecular formula is C25H31N5O4S2. The largest absolute Gasteiger partial charge is 0.467 e. The minimum atomic E-state index is -3.32. The van der Waals surface area contributed by atoms with Crippen molar-refractivity contribution in [3.8, 4) is 5.19 Å². The molecule has 0 saturated carbocycles. The van der Waals surface area contributed by atoms with E-state index in [2.05, 4.69) is 32.0 Å². The van der Waals surface area contributed by atoms with Gasteiger partial charge in [0, 0.05) is 45.6 Å². The highest BCUT2D eigenvalue weighted by atomic mass is 32.2. The summed E-state index contributed by atoms with van der Waals surface area (Å²) >= 11 is 1.56. The predicted octanol–water partition coefficient (Wildman–Crippen LogP) is 3.24. The highest BCUT2D eigenvalue weighted by molar-refractivity contribution is 7.89. The van der Waals surface area contributed by atoms with Gasteiger partial charge in [0.05, 0.1) is 34.1 Å². The molecule has 2 aliphatic heterocycles. The van der Waals surface area contributed by atoms with Gasteiger partial charge in [-0.1, -0.05) is 23.5 Å². The molecule has 0 bridgehead atoms. The van der Waals surface area contributed by atoms with E-state index in [0.29, 0.717) is 24.7 Å². The number of aromatic nitrogens is 3. The van der Waals surface area contributed by atoms with Crippen molar-refractivity contribution in [2.75, 3.05) is 43.4 Å². The second kappa shape index (κ2) is 10.8. The molecule has 0 unspecified atom stereocenters. The molecule has 1 fully saturated rings. The lowest BCUT2D eigenvalue weighted by Gasteiger charge is -2.32. The molecule has 2 aromatic heterocycles. The number of thiazole rings is 1. The molecule has 0 radical (unpaired) electrons. The van der Waals surface area contributed by atoms with E-state index in [1.165, 1.54) is 4.31 Å². The van der Waals surface area contributed by atoms with Gasteiger partial charge in [-0.2, -0.15) is 4.31 Å². The summed E-state index contributed by atoms with van der Waals surface area (Å²) in [6, 6.07) is 6.19. The topological polar surface area (TPSA) is 109 Å². The highest BCUT2D eigenvalue weighted by Crippen LogP contribution is 2.33. The van der Waals surface area contributed by atoms with Gasteiger partial charge >= 0.3 is 0 Å². The summed E-state index contributed by atoms with van der Waals surface area (Å²) in [6.45, 7) is 4.40. The van der Waals surface area contributed by atoms with Crippen LogP contribution in [0.5, 0.6) is 5.19 Å². The fourth-order valence-corrected chi connectivity index (χ4v) is 6.93. The van der Waals surface area contributed by atoms with E-state index in [9.17, 15) is 8.42 Å². The second-order valence-corrected chi connectivity index (χ2v) is 12.3. The van der Waals surface area contributed by atoms with Crippen molar-refractivity contribution < 1.29 is 18.3 Å². The van der Waals surface area contributed by atoms with Crippen LogP contribution in [0, 0.1) is 6.92 Å². The van der Waals surface area contributed by atoms with Crippen molar-refractivity contribution in [1.82, 2.24) is 19.3 Å². The average molecular weight is 530 g/mol. The zero-order valence-electron chi connectivity index (χ0n) is 20.3. The Morgan fingerprint density at radius 3 is 2.69 bits per heavy atom. The van der Waals surface area contributed by atoms with Gasteiger partial charge in [-0.15, -0.1) is 0 Å². The third-order valence-electron chi connectivity index (χ3n) is 6.67. The minimum absolute atomic E-state index is 0.0126. The maximum atomic E-state index is 12.4. The van der Waals surface area contributed by atoms with Gasteiger partial charge in [-0.3, -0.25) is 4.98 Å². The Hall–Kier alpha value is -2.60. The van der Waals surface area contributed by atoms with Crippen molar-refractivity contribution in [3.63, 3.8) is 0 Å². The summed E-state index contributed by atoms with van der Waals surface area (Å²) in [5.41, 5.74) is 4.07. The van der Waals surface area contributed by atoms with E-state index in [4.69, 9.17) is 9.84 Å². The molecule has 1 aromatic carbocycles. The number of benzene rings is 1. The molecule has 1 saturated heterocycles. The number of hydrogen-bond donors (Lipinski definition) is 1. The molecule has 11 heteroatoms. The summed E-state index contributed by atoms with van der Waals surface area (Å²) in [6.07, 6.45) is 8.48. The van der Waals surface area contributed by atoms with Crippen molar-refractivity contribution >= 4 is 43.0 Å². The first-order chi connectivity index (χ1) is 17.4. The second-order valence-electron chi connectivity index (χ2n) is 9.21. The summed E-state index contributed by atoms with van der Waals surface area (Å²) < 4.78 is 33.6. The number of ether oxygens (including phenoxy) is 1. The van der Waals surface area contributed by atoms with Crippen LogP contribution in [0.15, 0.2) is 36.7 Å². The summed E-state index contributed by atoms with van der Waals surface area (Å²) in [7, 11) is -3.32. The molecule has 4 heterocycles. The van der Waals surface area contributed by atoms with Gasteiger partial charge in [0.15, 0.2) is 0 Å². The molecule has 0 atom stereocenters. The van der Waals surface area contributed by atoms with Crippen molar-refractivity contribution in [2.45, 2.75) is 38.7 Å². The Bertz CT molecular complexity index is 1330. The van der Waals surface area contributed by atoms with E-state index < -0.39 is 10.0 Å². The quantitative estimate of drug-likeness (QED) is 0.474. The van der Waals surface area contributed by atoms with Gasteiger partial charge < -0.3 is 14.7 Å². The summed E-state index contributed by atoms with van der Waals surface area (Å²) in [4.78, 5) is 15.8. The summed E-state index contributed by atoms with van der Waals surface area (Å²) in [5, 5.41) is 9.64. The van der Waals surface area contributed by atoms with Gasteiger partial charge in [0.25, 0.3) is 5.19 Å². The Morgan fingerprint density at radius 2 is 2.00 bits per heavy atom. The molecule has 5 rings (SSSR count). The number of anilines is 1. The number of aryl methyl sites for hydroxylation is 1. The van der Waals surface area contributed by atoms with E-state index in [1.807, 2.05) is 25.3 Å². The molecule has 2 aliphatic rings. The molecule has 0 amide bonds. The van der Waals surface area contributed by atoms with E-state index in [-0.39, 0.29) is 24.9 Å². The van der Waals surface area contributed by atoms with Crippen molar-refractivity contribution in [3.05, 3.63) is 47.9 Å². The van der Waals surface area contributed by atoms with Crippen LogP contribution in [0.25, 0.3) is 15.8 Å². The Morgan fingerprint density at radius 1 is 1.17 bits per heavy atom. The van der Waals surface area contributed by atoms with E-state index in [1.54, 1.807) is 17.5 Å². The van der Waals surface area contributed by atoms with E-state index >= 15 is 0 Å². The molecule has 9 nitrogen and oxygen atoms in total. The van der Waals surface area contributed by atoms with Crippen LogP contribution < -0.4 is 9.64 Å². The standard InChI is InChI=1S/C25H31N5O4S2/c1-18-16-27-24(17-26-18)29-9-7-21(8-10-29)34-25-28-22-4-3-20(15-23(22)35-25)19-5-11-30(12-6-19)36(32,33)14-2-13-31/h3-5,15-17,21,31H,2,6-14H2,1H3. The fourth-order valence-electron chi connectivity index (χ4n) is 4.59. The number of sulfonamides is 1. The lowest BCUT2D eigenvalue weighted by Crippen LogP contribution is -2.38. The molecule has 36 heavy (non-hydrogen) atoms. The third-order valence-corrected chi connectivity index (χ3v) is 9.50. The Kier molecular flexibility index (Phi) is 7.52. The average Bonchev–Trinajstić information content (AvgIpc) is 3.30. The Labute approximate surface area is 215 Å². The first-order valence-electron chi connectivity index (χ1n) is 12.3. The number of hydrogen-bond acceptors (Lipinski definition) is 9. The first kappa shape index (κ1) is 25.1. The molecular weight excluding hydrogens is 498 g/mol. The van der Waals surface area contributed by atoms with Crippen LogP contribution in [0.4, 0.5) is 5.82 Å². The molecule has 1 N–H and O–H groups in total. The number of rotatable bonds is 8. The monoisotopic (exact) mass is 529 g/mol.